The Morgan fingerprint density at radius 2 is 1.69 bits per heavy atom. The summed E-state index contributed by atoms with van der Waals surface area (Å²) in [5.41, 5.74) is 0.0591. The minimum atomic E-state index is -0.934. The zero-order chi connectivity index (χ0) is 25.8. The van der Waals surface area contributed by atoms with Gasteiger partial charge in [-0.3, -0.25) is 9.59 Å². The molecule has 3 rings (SSSR count). The van der Waals surface area contributed by atoms with Gasteiger partial charge in [-0.2, -0.15) is 0 Å². The Balaban J connectivity index is 1.78. The van der Waals surface area contributed by atoms with E-state index in [4.69, 9.17) is 9.47 Å². The molecule has 0 spiro atoms. The fourth-order valence-corrected chi connectivity index (χ4v) is 4.03. The third kappa shape index (κ3) is 6.32. The molecule has 1 atom stereocenters. The lowest BCUT2D eigenvalue weighted by Gasteiger charge is -2.36. The van der Waals surface area contributed by atoms with Crippen LogP contribution in [0.2, 0.25) is 0 Å². The molecule has 1 aliphatic rings. The smallest absolute Gasteiger partial charge is 0.410 e. The average molecular weight is 488 g/mol. The first kappa shape index (κ1) is 26.1. The van der Waals surface area contributed by atoms with Gasteiger partial charge in [-0.1, -0.05) is 0 Å². The Morgan fingerprint density at radius 3 is 2.29 bits per heavy atom. The third-order valence-corrected chi connectivity index (χ3v) is 5.87. The van der Waals surface area contributed by atoms with Crippen LogP contribution in [0.1, 0.15) is 39.7 Å². The number of piperazine rings is 1. The van der Waals surface area contributed by atoms with Crippen LogP contribution >= 0.6 is 0 Å². The molecule has 0 bridgehead atoms. The number of esters is 2. The van der Waals surface area contributed by atoms with Crippen molar-refractivity contribution in [3.05, 3.63) is 40.8 Å². The van der Waals surface area contributed by atoms with Gasteiger partial charge in [0.15, 0.2) is 0 Å². The SMILES string of the molecule is COC(=O)CCC(C(=O)OC)n1ccc2cc(N3CCN(C(=O)OC(C)(C)C)CC3)ccc2c1=O. The summed E-state index contributed by atoms with van der Waals surface area (Å²) in [5.74, 6) is -1.07. The Bertz CT molecular complexity index is 1140. The van der Waals surface area contributed by atoms with Gasteiger partial charge in [-0.05, 0) is 56.8 Å². The van der Waals surface area contributed by atoms with Gasteiger partial charge >= 0.3 is 18.0 Å². The second kappa shape index (κ2) is 10.8. The normalized spacial score (nSPS) is 15.0. The summed E-state index contributed by atoms with van der Waals surface area (Å²) in [5, 5.41) is 1.19. The minimum absolute atomic E-state index is 0.0189. The van der Waals surface area contributed by atoms with E-state index >= 15 is 0 Å². The predicted octanol–water partition coefficient (Wildman–Crippen LogP) is 2.73. The maximum Gasteiger partial charge on any atom is 0.410 e. The monoisotopic (exact) mass is 487 g/mol. The molecule has 1 amide bonds. The van der Waals surface area contributed by atoms with Gasteiger partial charge in [0.1, 0.15) is 11.6 Å². The van der Waals surface area contributed by atoms with Crippen LogP contribution in [-0.4, -0.2) is 73.5 Å². The van der Waals surface area contributed by atoms with E-state index in [2.05, 4.69) is 9.64 Å². The number of carbonyl (C=O) groups excluding carboxylic acids is 3. The fraction of sp³-hybridized carbons (Fsp3) is 0.520. The van der Waals surface area contributed by atoms with Gasteiger partial charge in [0.25, 0.3) is 5.56 Å². The number of amides is 1. The highest BCUT2D eigenvalue weighted by molar-refractivity contribution is 5.86. The first-order chi connectivity index (χ1) is 16.5. The van der Waals surface area contributed by atoms with Gasteiger partial charge in [0, 0.05) is 49.9 Å². The van der Waals surface area contributed by atoms with Crippen LogP contribution in [0, 0.1) is 0 Å². The lowest BCUT2D eigenvalue weighted by atomic mass is 10.1. The Labute approximate surface area is 204 Å². The number of fused-ring (bicyclic) bond motifs is 1. The quantitative estimate of drug-likeness (QED) is 0.452. The molecule has 190 valence electrons. The second-order valence-corrected chi connectivity index (χ2v) is 9.41. The topological polar surface area (TPSA) is 107 Å². The molecule has 1 aromatic heterocycles. The number of hydrogen-bond donors (Lipinski definition) is 0. The molecule has 1 aromatic carbocycles. The molecule has 10 nitrogen and oxygen atoms in total. The first-order valence-electron chi connectivity index (χ1n) is 11.6. The van der Waals surface area contributed by atoms with Gasteiger partial charge in [-0.25, -0.2) is 9.59 Å². The van der Waals surface area contributed by atoms with Crippen molar-refractivity contribution in [3.8, 4) is 0 Å². The number of pyridine rings is 1. The molecule has 1 aliphatic heterocycles. The van der Waals surface area contributed by atoms with Gasteiger partial charge in [0.05, 0.1) is 14.2 Å². The van der Waals surface area contributed by atoms with Crippen molar-refractivity contribution in [2.24, 2.45) is 0 Å². The lowest BCUT2D eigenvalue weighted by molar-refractivity contribution is -0.146. The number of anilines is 1. The van der Waals surface area contributed by atoms with Crippen molar-refractivity contribution in [1.82, 2.24) is 9.47 Å². The van der Waals surface area contributed by atoms with E-state index in [9.17, 15) is 19.2 Å². The van der Waals surface area contributed by atoms with E-state index in [-0.39, 0.29) is 24.5 Å². The summed E-state index contributed by atoms with van der Waals surface area (Å²) in [6, 6.07) is 6.35. The van der Waals surface area contributed by atoms with E-state index in [0.717, 1.165) is 11.1 Å². The number of nitrogens with zero attached hydrogens (tertiary/aromatic N) is 3. The van der Waals surface area contributed by atoms with Gasteiger partial charge in [-0.15, -0.1) is 0 Å². The number of benzene rings is 1. The standard InChI is InChI=1S/C25H33N3O7/c1-25(2,3)35-24(32)27-14-12-26(13-15-27)18-6-7-19-17(16-18)10-11-28(22(19)30)20(23(31)34-5)8-9-21(29)33-4/h6-7,10-11,16,20H,8-9,12-15H2,1-5H3. The van der Waals surface area contributed by atoms with E-state index < -0.39 is 23.6 Å². The lowest BCUT2D eigenvalue weighted by Crippen LogP contribution is -2.50. The summed E-state index contributed by atoms with van der Waals surface area (Å²) >= 11 is 0. The van der Waals surface area contributed by atoms with Crippen LogP contribution in [0.15, 0.2) is 35.3 Å². The Hall–Kier alpha value is -3.56. The molecular weight excluding hydrogens is 454 g/mol. The minimum Gasteiger partial charge on any atom is -0.469 e. The van der Waals surface area contributed by atoms with E-state index in [1.807, 2.05) is 32.9 Å². The van der Waals surface area contributed by atoms with Crippen LogP contribution in [0.25, 0.3) is 10.8 Å². The molecule has 2 aromatic rings. The number of carbonyl (C=O) groups is 3. The zero-order valence-electron chi connectivity index (χ0n) is 20.9. The molecule has 35 heavy (non-hydrogen) atoms. The number of methoxy groups -OCH3 is 2. The number of rotatable bonds is 6. The highest BCUT2D eigenvalue weighted by Gasteiger charge is 2.27. The molecule has 0 radical (unpaired) electrons. The average Bonchev–Trinajstić information content (AvgIpc) is 2.83. The van der Waals surface area contributed by atoms with Crippen molar-refractivity contribution in [2.75, 3.05) is 45.3 Å². The summed E-state index contributed by atoms with van der Waals surface area (Å²) in [6.07, 6.45) is 1.30. The highest BCUT2D eigenvalue weighted by Crippen LogP contribution is 2.24. The first-order valence-corrected chi connectivity index (χ1v) is 11.6. The van der Waals surface area contributed by atoms with Crippen LogP contribution in [0.5, 0.6) is 0 Å². The van der Waals surface area contributed by atoms with E-state index in [0.29, 0.717) is 31.6 Å². The van der Waals surface area contributed by atoms with E-state index in [1.54, 1.807) is 23.2 Å². The number of ether oxygens (including phenoxy) is 3. The molecule has 1 saturated heterocycles. The maximum atomic E-state index is 13.2. The van der Waals surface area contributed by atoms with Gasteiger partial charge < -0.3 is 28.6 Å². The molecule has 0 aliphatic carbocycles. The van der Waals surface area contributed by atoms with Crippen molar-refractivity contribution >= 4 is 34.5 Å². The Morgan fingerprint density at radius 1 is 1.00 bits per heavy atom. The third-order valence-electron chi connectivity index (χ3n) is 5.87. The molecule has 1 fully saturated rings. The molecule has 2 heterocycles. The van der Waals surface area contributed by atoms with Crippen LogP contribution in [0.4, 0.5) is 10.5 Å². The highest BCUT2D eigenvalue weighted by atomic mass is 16.6. The molecule has 0 N–H and O–H groups in total. The van der Waals surface area contributed by atoms with Crippen LogP contribution < -0.4 is 10.5 Å². The molecule has 0 saturated carbocycles. The van der Waals surface area contributed by atoms with Crippen molar-refractivity contribution in [1.29, 1.82) is 0 Å². The predicted molar refractivity (Wildman–Crippen MR) is 131 cm³/mol. The molecule has 10 heteroatoms. The Kier molecular flexibility index (Phi) is 8.03. The van der Waals surface area contributed by atoms with Gasteiger partial charge in [0.2, 0.25) is 0 Å². The summed E-state index contributed by atoms with van der Waals surface area (Å²) in [7, 11) is 2.51. The van der Waals surface area contributed by atoms with E-state index in [1.165, 1.54) is 18.8 Å². The zero-order valence-corrected chi connectivity index (χ0v) is 20.9. The van der Waals surface area contributed by atoms with Crippen molar-refractivity contribution < 1.29 is 28.6 Å². The second-order valence-electron chi connectivity index (χ2n) is 9.41. The van der Waals surface area contributed by atoms with Crippen LogP contribution in [-0.2, 0) is 23.8 Å². The summed E-state index contributed by atoms with van der Waals surface area (Å²) in [4.78, 5) is 53.3. The van der Waals surface area contributed by atoms with Crippen molar-refractivity contribution in [2.45, 2.75) is 45.3 Å². The van der Waals surface area contributed by atoms with Crippen molar-refractivity contribution in [3.63, 3.8) is 0 Å². The number of hydrogen-bond acceptors (Lipinski definition) is 8. The fourth-order valence-electron chi connectivity index (χ4n) is 4.03. The summed E-state index contributed by atoms with van der Waals surface area (Å²) in [6.45, 7) is 7.88. The molecular formula is C25H33N3O7. The number of aromatic nitrogens is 1. The largest absolute Gasteiger partial charge is 0.469 e. The van der Waals surface area contributed by atoms with Crippen LogP contribution in [0.3, 0.4) is 0 Å². The summed E-state index contributed by atoms with van der Waals surface area (Å²) < 4.78 is 16.3. The molecule has 1 unspecified atom stereocenters. The maximum absolute atomic E-state index is 13.2.